The van der Waals surface area contributed by atoms with E-state index in [4.69, 9.17) is 14.2 Å². The van der Waals surface area contributed by atoms with Crippen molar-refractivity contribution in [3.63, 3.8) is 0 Å². The first kappa shape index (κ1) is 17.5. The Kier molecular flexibility index (Phi) is 4.93. The molecule has 0 unspecified atom stereocenters. The minimum Gasteiger partial charge on any atom is -0.497 e. The van der Waals surface area contributed by atoms with Gasteiger partial charge in [0.05, 0.1) is 26.8 Å². The molecule has 0 bridgehead atoms. The summed E-state index contributed by atoms with van der Waals surface area (Å²) in [5.74, 6) is 1.61. The number of rotatable bonds is 5. The van der Waals surface area contributed by atoms with Crippen LogP contribution in [0.2, 0.25) is 0 Å². The number of nitrogens with zero attached hydrogens (tertiary/aromatic N) is 1. The van der Waals surface area contributed by atoms with E-state index in [2.05, 4.69) is 10.3 Å². The summed E-state index contributed by atoms with van der Waals surface area (Å²) in [6, 6.07) is 12.6. The molecule has 1 amide bonds. The zero-order valence-electron chi connectivity index (χ0n) is 15.1. The van der Waals surface area contributed by atoms with Gasteiger partial charge in [0.25, 0.3) is 5.91 Å². The van der Waals surface area contributed by atoms with Gasteiger partial charge in [-0.15, -0.1) is 0 Å². The van der Waals surface area contributed by atoms with Gasteiger partial charge in [0.2, 0.25) is 0 Å². The lowest BCUT2D eigenvalue weighted by Gasteiger charge is -2.13. The van der Waals surface area contributed by atoms with Crippen LogP contribution in [-0.4, -0.2) is 32.2 Å². The zero-order chi connectivity index (χ0) is 18.7. The van der Waals surface area contributed by atoms with E-state index in [-0.39, 0.29) is 5.91 Å². The number of carbonyl (C=O) groups is 1. The Labute approximate surface area is 151 Å². The van der Waals surface area contributed by atoms with Crippen molar-refractivity contribution in [1.82, 2.24) is 4.98 Å². The second kappa shape index (κ2) is 7.31. The third kappa shape index (κ3) is 3.39. The summed E-state index contributed by atoms with van der Waals surface area (Å²) in [5, 5.41) is 3.78. The summed E-state index contributed by atoms with van der Waals surface area (Å²) < 4.78 is 15.8. The van der Waals surface area contributed by atoms with Crippen LogP contribution < -0.4 is 19.5 Å². The predicted molar refractivity (Wildman–Crippen MR) is 101 cm³/mol. The van der Waals surface area contributed by atoms with Crippen LogP contribution in [0.3, 0.4) is 0 Å². The Morgan fingerprint density at radius 1 is 0.923 bits per heavy atom. The van der Waals surface area contributed by atoms with E-state index in [1.807, 2.05) is 37.3 Å². The van der Waals surface area contributed by atoms with Gasteiger partial charge in [-0.25, -0.2) is 4.98 Å². The van der Waals surface area contributed by atoms with Crippen molar-refractivity contribution in [3.8, 4) is 17.2 Å². The molecule has 0 atom stereocenters. The average Bonchev–Trinajstić information content (AvgIpc) is 2.68. The number of aromatic nitrogens is 1. The normalized spacial score (nSPS) is 10.5. The predicted octanol–water partition coefficient (Wildman–Crippen LogP) is 3.82. The van der Waals surface area contributed by atoms with Crippen LogP contribution in [0, 0.1) is 6.92 Å². The van der Waals surface area contributed by atoms with E-state index in [1.165, 1.54) is 0 Å². The van der Waals surface area contributed by atoms with Gasteiger partial charge in [0, 0.05) is 17.1 Å². The Hall–Kier alpha value is -3.28. The van der Waals surface area contributed by atoms with Crippen molar-refractivity contribution in [1.29, 1.82) is 0 Å². The number of methoxy groups -OCH3 is 3. The molecular formula is C20H20N2O4. The molecule has 1 aromatic heterocycles. The van der Waals surface area contributed by atoms with Gasteiger partial charge >= 0.3 is 0 Å². The minimum absolute atomic E-state index is 0.293. The van der Waals surface area contributed by atoms with E-state index >= 15 is 0 Å². The second-order valence-electron chi connectivity index (χ2n) is 5.73. The molecule has 0 aliphatic heterocycles. The maximum atomic E-state index is 12.6. The highest BCUT2D eigenvalue weighted by molar-refractivity contribution is 6.04. The first-order valence-corrected chi connectivity index (χ1v) is 8.04. The number of amides is 1. The molecule has 0 spiro atoms. The molecule has 1 N–H and O–H groups in total. The molecule has 6 nitrogen and oxygen atoms in total. The van der Waals surface area contributed by atoms with Gasteiger partial charge < -0.3 is 19.5 Å². The van der Waals surface area contributed by atoms with Crippen LogP contribution >= 0.6 is 0 Å². The fraction of sp³-hybridized carbons (Fsp3) is 0.200. The Bertz CT molecular complexity index is 969. The number of anilines is 1. The number of nitrogens with one attached hydrogen (secondary N) is 1. The van der Waals surface area contributed by atoms with Gasteiger partial charge in [0.1, 0.15) is 11.4 Å². The van der Waals surface area contributed by atoms with E-state index < -0.39 is 0 Å². The summed E-state index contributed by atoms with van der Waals surface area (Å²) in [5.41, 5.74) is 2.56. The van der Waals surface area contributed by atoms with Crippen molar-refractivity contribution in [2.75, 3.05) is 26.6 Å². The number of hydrogen-bond donors (Lipinski definition) is 1. The Balaban J connectivity index is 1.89. The molecule has 26 heavy (non-hydrogen) atoms. The maximum absolute atomic E-state index is 12.6. The lowest BCUT2D eigenvalue weighted by molar-refractivity contribution is 0.102. The lowest BCUT2D eigenvalue weighted by Crippen LogP contribution is -2.14. The van der Waals surface area contributed by atoms with Crippen molar-refractivity contribution >= 4 is 22.5 Å². The molecule has 134 valence electrons. The number of benzene rings is 2. The molecule has 0 fully saturated rings. The molecular weight excluding hydrogens is 332 g/mol. The highest BCUT2D eigenvalue weighted by atomic mass is 16.5. The van der Waals surface area contributed by atoms with Crippen LogP contribution in [0.15, 0.2) is 42.5 Å². The van der Waals surface area contributed by atoms with Crippen LogP contribution in [0.25, 0.3) is 10.9 Å². The molecule has 3 rings (SSSR count). The van der Waals surface area contributed by atoms with Crippen LogP contribution in [0.5, 0.6) is 17.2 Å². The van der Waals surface area contributed by atoms with Gasteiger partial charge in [0.15, 0.2) is 11.5 Å². The SMILES string of the molecule is COc1ccc2nc(C(=O)Nc3cc(OC)c(OC)cc3C)ccc2c1. The van der Waals surface area contributed by atoms with Gasteiger partial charge in [-0.2, -0.15) is 0 Å². The minimum atomic E-state index is -0.293. The second-order valence-corrected chi connectivity index (χ2v) is 5.73. The highest BCUT2D eigenvalue weighted by Gasteiger charge is 2.13. The summed E-state index contributed by atoms with van der Waals surface area (Å²) in [4.78, 5) is 17.0. The van der Waals surface area contributed by atoms with Crippen molar-refractivity contribution in [3.05, 3.63) is 53.7 Å². The van der Waals surface area contributed by atoms with Gasteiger partial charge in [-0.3, -0.25) is 4.79 Å². The average molecular weight is 352 g/mol. The molecule has 0 aliphatic carbocycles. The molecule has 2 aromatic carbocycles. The largest absolute Gasteiger partial charge is 0.497 e. The Morgan fingerprint density at radius 3 is 2.35 bits per heavy atom. The lowest BCUT2D eigenvalue weighted by atomic mass is 10.1. The first-order valence-electron chi connectivity index (χ1n) is 8.04. The summed E-state index contributed by atoms with van der Waals surface area (Å²) in [7, 11) is 4.74. The first-order chi connectivity index (χ1) is 12.5. The van der Waals surface area contributed by atoms with Crippen LogP contribution in [-0.2, 0) is 0 Å². The van der Waals surface area contributed by atoms with E-state index in [1.54, 1.807) is 33.5 Å². The third-order valence-electron chi connectivity index (χ3n) is 4.11. The van der Waals surface area contributed by atoms with Gasteiger partial charge in [-0.1, -0.05) is 6.07 Å². The van der Waals surface area contributed by atoms with E-state index in [0.717, 1.165) is 22.2 Å². The number of pyridine rings is 1. The monoisotopic (exact) mass is 352 g/mol. The van der Waals surface area contributed by atoms with Crippen LogP contribution in [0.1, 0.15) is 16.1 Å². The van der Waals surface area contributed by atoms with E-state index in [9.17, 15) is 4.79 Å². The molecule has 0 radical (unpaired) electrons. The van der Waals surface area contributed by atoms with Crippen molar-refractivity contribution in [2.24, 2.45) is 0 Å². The standard InChI is InChI=1S/C20H20N2O4/c1-12-9-18(25-3)19(26-4)11-17(12)22-20(23)16-7-5-13-10-14(24-2)6-8-15(13)21-16/h5-11H,1-4H3,(H,22,23). The topological polar surface area (TPSA) is 69.7 Å². The summed E-state index contributed by atoms with van der Waals surface area (Å²) in [6.07, 6.45) is 0. The summed E-state index contributed by atoms with van der Waals surface area (Å²) in [6.45, 7) is 1.89. The number of fused-ring (bicyclic) bond motifs is 1. The maximum Gasteiger partial charge on any atom is 0.274 e. The summed E-state index contributed by atoms with van der Waals surface area (Å²) >= 11 is 0. The number of hydrogen-bond acceptors (Lipinski definition) is 5. The molecule has 0 saturated carbocycles. The highest BCUT2D eigenvalue weighted by Crippen LogP contribution is 2.33. The fourth-order valence-electron chi connectivity index (χ4n) is 2.66. The smallest absolute Gasteiger partial charge is 0.274 e. The molecule has 6 heteroatoms. The number of aryl methyl sites for hydroxylation is 1. The van der Waals surface area contributed by atoms with Crippen molar-refractivity contribution < 1.29 is 19.0 Å². The number of carbonyl (C=O) groups excluding carboxylic acids is 1. The molecule has 1 heterocycles. The third-order valence-corrected chi connectivity index (χ3v) is 4.11. The molecule has 3 aromatic rings. The van der Waals surface area contributed by atoms with E-state index in [0.29, 0.717) is 22.9 Å². The number of ether oxygens (including phenoxy) is 3. The quantitative estimate of drug-likeness (QED) is 0.756. The fourth-order valence-corrected chi connectivity index (χ4v) is 2.66. The Morgan fingerprint density at radius 2 is 1.65 bits per heavy atom. The van der Waals surface area contributed by atoms with Crippen LogP contribution in [0.4, 0.5) is 5.69 Å². The molecule has 0 saturated heterocycles. The zero-order valence-corrected chi connectivity index (χ0v) is 15.1. The van der Waals surface area contributed by atoms with Crippen molar-refractivity contribution in [2.45, 2.75) is 6.92 Å². The molecule has 0 aliphatic rings. The van der Waals surface area contributed by atoms with Gasteiger partial charge in [-0.05, 0) is 42.8 Å².